The van der Waals surface area contributed by atoms with Crippen LogP contribution in [0.25, 0.3) is 5.57 Å². The second-order valence-corrected chi connectivity index (χ2v) is 6.87. The second-order valence-electron chi connectivity index (χ2n) is 6.87. The highest BCUT2D eigenvalue weighted by atomic mass is 19.4. The van der Waals surface area contributed by atoms with Crippen LogP contribution in [0.2, 0.25) is 0 Å². The molecule has 1 fully saturated rings. The fourth-order valence-corrected chi connectivity index (χ4v) is 3.61. The van der Waals surface area contributed by atoms with Gasteiger partial charge in [0.15, 0.2) is 6.61 Å². The quantitative estimate of drug-likeness (QED) is 0.743. The molecule has 1 saturated heterocycles. The maximum absolute atomic E-state index is 12.7. The first-order valence-electron chi connectivity index (χ1n) is 9.21. The van der Waals surface area contributed by atoms with Crippen LogP contribution in [-0.4, -0.2) is 61.2 Å². The third kappa shape index (κ3) is 4.43. The van der Waals surface area contributed by atoms with Gasteiger partial charge in [-0.3, -0.25) is 9.63 Å². The minimum Gasteiger partial charge on any atom is -0.509 e. The number of carbonyl (C=O) groups is 1. The fourth-order valence-electron chi connectivity index (χ4n) is 3.61. The summed E-state index contributed by atoms with van der Waals surface area (Å²) in [5.74, 6) is -0.484. The summed E-state index contributed by atoms with van der Waals surface area (Å²) < 4.78 is 47.1. The Balaban J connectivity index is 1.87. The molecule has 3 rings (SSSR count). The zero-order valence-corrected chi connectivity index (χ0v) is 16.1. The molecular weight excluding hydrogens is 393 g/mol. The van der Waals surface area contributed by atoms with Gasteiger partial charge >= 0.3 is 6.18 Å². The first-order chi connectivity index (χ1) is 13.7. The van der Waals surface area contributed by atoms with E-state index in [4.69, 9.17) is 14.3 Å². The molecule has 0 atom stereocenters. The van der Waals surface area contributed by atoms with E-state index in [0.717, 1.165) is 0 Å². The van der Waals surface area contributed by atoms with Crippen LogP contribution in [0, 0.1) is 0 Å². The zero-order chi connectivity index (χ0) is 21.2. The smallest absolute Gasteiger partial charge is 0.422 e. The van der Waals surface area contributed by atoms with Crippen molar-refractivity contribution in [2.75, 3.05) is 33.4 Å². The summed E-state index contributed by atoms with van der Waals surface area (Å²) in [6.45, 7) is 2.04. The van der Waals surface area contributed by atoms with Crippen LogP contribution in [0.15, 0.2) is 24.0 Å². The topological polar surface area (TPSA) is 80.3 Å². The minimum atomic E-state index is -4.47. The van der Waals surface area contributed by atoms with Gasteiger partial charge in [-0.1, -0.05) is 0 Å². The van der Waals surface area contributed by atoms with Gasteiger partial charge in [-0.2, -0.15) is 18.2 Å². The summed E-state index contributed by atoms with van der Waals surface area (Å²) in [5, 5.41) is 15.6. The third-order valence-electron chi connectivity index (χ3n) is 5.00. The van der Waals surface area contributed by atoms with E-state index < -0.39 is 24.2 Å². The van der Waals surface area contributed by atoms with Crippen molar-refractivity contribution in [1.29, 1.82) is 0 Å². The molecule has 10 heteroatoms. The lowest BCUT2D eigenvalue weighted by molar-refractivity contribution is -0.172. The van der Waals surface area contributed by atoms with Gasteiger partial charge in [-0.25, -0.2) is 0 Å². The molecule has 0 radical (unpaired) electrons. The molecule has 0 aliphatic carbocycles. The van der Waals surface area contributed by atoms with E-state index in [1.165, 1.54) is 25.3 Å². The summed E-state index contributed by atoms with van der Waals surface area (Å²) >= 11 is 0. The van der Waals surface area contributed by atoms with E-state index in [-0.39, 0.29) is 28.4 Å². The molecule has 2 aliphatic rings. The summed E-state index contributed by atoms with van der Waals surface area (Å²) in [7, 11) is 1.33. The minimum absolute atomic E-state index is 0.0501. The molecule has 1 aromatic carbocycles. The predicted octanol–water partition coefficient (Wildman–Crippen LogP) is 2.82. The first kappa shape index (κ1) is 21.3. The van der Waals surface area contributed by atoms with Crippen molar-refractivity contribution in [3.8, 4) is 11.5 Å². The number of piperidine rings is 1. The Kier molecular flexibility index (Phi) is 5.95. The Morgan fingerprint density at radius 1 is 1.28 bits per heavy atom. The largest absolute Gasteiger partial charge is 0.509 e. The van der Waals surface area contributed by atoms with Gasteiger partial charge in [0, 0.05) is 24.7 Å². The number of rotatable bonds is 6. The van der Waals surface area contributed by atoms with E-state index in [1.807, 2.05) is 6.92 Å². The molecule has 1 aromatic rings. The number of carbonyl (C=O) groups excluding carboxylic acids is 1. The Bertz CT molecular complexity index is 802. The lowest BCUT2D eigenvalue weighted by Gasteiger charge is -2.38. The van der Waals surface area contributed by atoms with Crippen molar-refractivity contribution in [1.82, 2.24) is 10.4 Å². The summed E-state index contributed by atoms with van der Waals surface area (Å²) in [6, 6.07) is 3.97. The number of benzene rings is 1. The first-order valence-corrected chi connectivity index (χ1v) is 9.21. The number of hydrogen-bond acceptors (Lipinski definition) is 6. The molecule has 160 valence electrons. The standard InChI is InChI=1S/C19H23F3N2O5/c1-3-29-24-8-6-18(7-9-24)16(25)15(17(26)23-18)13-5-4-12(10-14(13)27-2)28-11-19(20,21)22/h4-5,10,25H,3,6-9,11H2,1-2H3,(H,23,26). The summed E-state index contributed by atoms with van der Waals surface area (Å²) in [4.78, 5) is 18.1. The van der Waals surface area contributed by atoms with E-state index in [0.29, 0.717) is 32.5 Å². The van der Waals surface area contributed by atoms with Gasteiger partial charge < -0.3 is 19.9 Å². The van der Waals surface area contributed by atoms with Crippen LogP contribution in [0.4, 0.5) is 13.2 Å². The second kappa shape index (κ2) is 8.11. The summed E-state index contributed by atoms with van der Waals surface area (Å²) in [5.41, 5.74) is -0.559. The highest BCUT2D eigenvalue weighted by Gasteiger charge is 2.48. The van der Waals surface area contributed by atoms with Crippen molar-refractivity contribution in [3.63, 3.8) is 0 Å². The monoisotopic (exact) mass is 416 g/mol. The van der Waals surface area contributed by atoms with Crippen LogP contribution >= 0.6 is 0 Å². The molecule has 7 nitrogen and oxygen atoms in total. The molecule has 0 bridgehead atoms. The van der Waals surface area contributed by atoms with Crippen LogP contribution < -0.4 is 14.8 Å². The molecule has 2 N–H and O–H groups in total. The van der Waals surface area contributed by atoms with Crippen molar-refractivity contribution in [3.05, 3.63) is 29.5 Å². The molecule has 2 aliphatic heterocycles. The van der Waals surface area contributed by atoms with E-state index in [9.17, 15) is 23.1 Å². The number of hydroxylamine groups is 2. The number of hydrogen-bond donors (Lipinski definition) is 2. The van der Waals surface area contributed by atoms with Crippen LogP contribution in [0.3, 0.4) is 0 Å². The van der Waals surface area contributed by atoms with Gasteiger partial charge in [0.25, 0.3) is 5.91 Å². The highest BCUT2D eigenvalue weighted by molar-refractivity contribution is 6.23. The van der Waals surface area contributed by atoms with Crippen LogP contribution in [-0.2, 0) is 9.63 Å². The number of aliphatic hydroxyl groups excluding tert-OH is 1. The Morgan fingerprint density at radius 2 is 1.97 bits per heavy atom. The van der Waals surface area contributed by atoms with Gasteiger partial charge in [-0.05, 0) is 31.9 Å². The Morgan fingerprint density at radius 3 is 2.55 bits per heavy atom. The number of alkyl halides is 3. The number of ether oxygens (including phenoxy) is 2. The molecule has 29 heavy (non-hydrogen) atoms. The van der Waals surface area contributed by atoms with Gasteiger partial charge in [0.1, 0.15) is 22.8 Å². The fraction of sp³-hybridized carbons (Fsp3) is 0.526. The number of aliphatic hydroxyl groups is 1. The van der Waals surface area contributed by atoms with Crippen molar-refractivity contribution in [2.45, 2.75) is 31.5 Å². The molecule has 0 unspecified atom stereocenters. The highest BCUT2D eigenvalue weighted by Crippen LogP contribution is 2.41. The number of nitrogens with one attached hydrogen (secondary N) is 1. The number of amides is 1. The molecular formula is C19H23F3N2O5. The van der Waals surface area contributed by atoms with E-state index >= 15 is 0 Å². The van der Waals surface area contributed by atoms with Gasteiger partial charge in [0.05, 0.1) is 19.3 Å². The maximum atomic E-state index is 12.7. The Labute approximate surface area is 166 Å². The van der Waals surface area contributed by atoms with Gasteiger partial charge in [-0.15, -0.1) is 0 Å². The van der Waals surface area contributed by atoms with Crippen LogP contribution in [0.5, 0.6) is 11.5 Å². The maximum Gasteiger partial charge on any atom is 0.422 e. The molecule has 2 heterocycles. The normalized spacial score (nSPS) is 19.6. The summed E-state index contributed by atoms with van der Waals surface area (Å²) in [6.07, 6.45) is -3.55. The number of methoxy groups -OCH3 is 1. The van der Waals surface area contributed by atoms with Gasteiger partial charge in [0.2, 0.25) is 0 Å². The Hall–Kier alpha value is -2.46. The van der Waals surface area contributed by atoms with Crippen LogP contribution in [0.1, 0.15) is 25.3 Å². The average Bonchev–Trinajstić information content (AvgIpc) is 2.91. The number of halogens is 3. The molecule has 1 amide bonds. The van der Waals surface area contributed by atoms with E-state index in [1.54, 1.807) is 5.06 Å². The lowest BCUT2D eigenvalue weighted by atomic mass is 9.86. The average molecular weight is 416 g/mol. The SMILES string of the molecule is CCON1CCC2(CC1)NC(=O)C(c1ccc(OCC(F)(F)F)cc1OC)=C2O. The number of nitrogens with zero attached hydrogens (tertiary/aromatic N) is 1. The molecule has 0 saturated carbocycles. The van der Waals surface area contributed by atoms with Crippen molar-refractivity contribution >= 4 is 11.5 Å². The lowest BCUT2D eigenvalue weighted by Crippen LogP contribution is -2.52. The van der Waals surface area contributed by atoms with Crippen molar-refractivity contribution in [2.24, 2.45) is 0 Å². The predicted molar refractivity (Wildman–Crippen MR) is 97.4 cm³/mol. The van der Waals surface area contributed by atoms with E-state index in [2.05, 4.69) is 5.32 Å². The molecule has 0 aromatic heterocycles. The van der Waals surface area contributed by atoms with Crippen molar-refractivity contribution < 1.29 is 37.4 Å². The molecule has 1 spiro atoms. The zero-order valence-electron chi connectivity index (χ0n) is 16.1. The third-order valence-corrected chi connectivity index (χ3v) is 5.00.